The predicted molar refractivity (Wildman–Crippen MR) is 90.4 cm³/mol. The summed E-state index contributed by atoms with van der Waals surface area (Å²) >= 11 is 0. The second-order valence-corrected chi connectivity index (χ2v) is 8.76. The van der Waals surface area contributed by atoms with Crippen molar-refractivity contribution >= 4 is 21.3 Å². The zero-order chi connectivity index (χ0) is 18.3. The molecule has 1 atom stereocenters. The maximum atomic E-state index is 15.2. The fourth-order valence-corrected chi connectivity index (χ4v) is 5.23. The van der Waals surface area contributed by atoms with E-state index in [9.17, 15) is 12.8 Å². The molecule has 26 heavy (non-hydrogen) atoms. The van der Waals surface area contributed by atoms with Crippen LogP contribution in [0.4, 0.5) is 20.3 Å². The van der Waals surface area contributed by atoms with Gasteiger partial charge in [-0.1, -0.05) is 0 Å². The van der Waals surface area contributed by atoms with E-state index in [-0.39, 0.29) is 29.9 Å². The van der Waals surface area contributed by atoms with Crippen molar-refractivity contribution in [2.75, 3.05) is 61.6 Å². The van der Waals surface area contributed by atoms with Gasteiger partial charge in [-0.25, -0.2) is 12.8 Å². The lowest BCUT2D eigenvalue weighted by Gasteiger charge is -2.34. The average molecular weight is 389 g/mol. The van der Waals surface area contributed by atoms with Gasteiger partial charge in [0, 0.05) is 32.8 Å². The van der Waals surface area contributed by atoms with Gasteiger partial charge in [0.25, 0.3) is 0 Å². The molecule has 0 aromatic carbocycles. The van der Waals surface area contributed by atoms with E-state index < -0.39 is 26.5 Å². The third-order valence-corrected chi connectivity index (χ3v) is 6.74. The van der Waals surface area contributed by atoms with Crippen LogP contribution >= 0.6 is 0 Å². The molecule has 1 unspecified atom stereocenters. The van der Waals surface area contributed by atoms with Gasteiger partial charge in [0.2, 0.25) is 5.95 Å². The Morgan fingerprint density at radius 1 is 1.15 bits per heavy atom. The van der Waals surface area contributed by atoms with Gasteiger partial charge in [-0.2, -0.15) is 9.37 Å². The van der Waals surface area contributed by atoms with Crippen LogP contribution in [0, 0.1) is 11.8 Å². The predicted octanol–water partition coefficient (Wildman–Crippen LogP) is 0.969. The number of anilines is 2. The first-order chi connectivity index (χ1) is 12.5. The fraction of sp³-hybridized carbons (Fsp3) is 0.688. The van der Waals surface area contributed by atoms with Gasteiger partial charge in [0.1, 0.15) is 10.6 Å². The average Bonchev–Trinajstić information content (AvgIpc) is 3.13. The molecule has 0 spiro atoms. The smallest absolute Gasteiger partial charge is 0.239 e. The normalized spacial score (nSPS) is 25.4. The largest absolute Gasteiger partial charge is 0.378 e. The van der Waals surface area contributed by atoms with Gasteiger partial charge < -0.3 is 19.3 Å². The van der Waals surface area contributed by atoms with Crippen LogP contribution in [-0.4, -0.2) is 71.3 Å². The van der Waals surface area contributed by atoms with E-state index in [0.717, 1.165) is 12.8 Å². The van der Waals surface area contributed by atoms with Crippen molar-refractivity contribution in [3.8, 4) is 0 Å². The molecule has 10 heteroatoms. The minimum Gasteiger partial charge on any atom is -0.378 e. The second kappa shape index (κ2) is 6.90. The van der Waals surface area contributed by atoms with E-state index in [1.54, 1.807) is 4.90 Å². The maximum Gasteiger partial charge on any atom is 0.239 e. The Morgan fingerprint density at radius 3 is 2.62 bits per heavy atom. The Kier molecular flexibility index (Phi) is 4.74. The van der Waals surface area contributed by atoms with Gasteiger partial charge >= 0.3 is 0 Å². The number of ether oxygens (including phenoxy) is 2. The Labute approximate surface area is 150 Å². The standard InChI is InChI=1S/C16H21F2N3O4S/c17-12-14-13(15(18)19-16(12)20-3-7-24-8-4-20)21(5-9-26(14,22)23)10-11-2-1-6-25-11/h11H,1-10H2. The van der Waals surface area contributed by atoms with Crippen molar-refractivity contribution in [2.45, 2.75) is 23.8 Å². The maximum absolute atomic E-state index is 15.2. The molecule has 0 amide bonds. The van der Waals surface area contributed by atoms with E-state index in [4.69, 9.17) is 9.47 Å². The van der Waals surface area contributed by atoms with Crippen LogP contribution in [-0.2, 0) is 19.3 Å². The summed E-state index contributed by atoms with van der Waals surface area (Å²) in [7, 11) is -3.92. The van der Waals surface area contributed by atoms with Crippen LogP contribution in [0.2, 0.25) is 0 Å². The first-order valence-electron chi connectivity index (χ1n) is 8.78. The number of nitrogens with zero attached hydrogens (tertiary/aromatic N) is 3. The van der Waals surface area contributed by atoms with Crippen LogP contribution in [0.1, 0.15) is 12.8 Å². The molecule has 0 radical (unpaired) electrons. The highest BCUT2D eigenvalue weighted by molar-refractivity contribution is 7.91. The van der Waals surface area contributed by atoms with Gasteiger partial charge in [-0.05, 0) is 12.8 Å². The molecule has 1 aromatic heterocycles. The van der Waals surface area contributed by atoms with E-state index >= 15 is 4.39 Å². The van der Waals surface area contributed by atoms with Crippen molar-refractivity contribution < 1.29 is 26.7 Å². The lowest BCUT2D eigenvalue weighted by atomic mass is 10.2. The quantitative estimate of drug-likeness (QED) is 0.714. The Bertz CT molecular complexity index is 793. The molecule has 3 aliphatic heterocycles. The number of fused-ring (bicyclic) bond motifs is 1. The third-order valence-electron chi connectivity index (χ3n) is 5.03. The van der Waals surface area contributed by atoms with Crippen molar-refractivity contribution in [2.24, 2.45) is 0 Å². The third kappa shape index (κ3) is 3.14. The SMILES string of the molecule is O=S1(=O)CCN(CC2CCCO2)c2c(F)nc(N3CCOCC3)c(F)c21. The zero-order valence-corrected chi connectivity index (χ0v) is 15.1. The number of halogens is 2. The Hall–Kier alpha value is -1.52. The van der Waals surface area contributed by atoms with Crippen LogP contribution in [0.3, 0.4) is 0 Å². The molecule has 2 fully saturated rings. The zero-order valence-electron chi connectivity index (χ0n) is 14.3. The summed E-state index contributed by atoms with van der Waals surface area (Å²) in [4.78, 5) is 6.29. The number of morpholine rings is 1. The van der Waals surface area contributed by atoms with Gasteiger partial charge in [0.05, 0.1) is 25.1 Å². The molecule has 144 valence electrons. The molecule has 3 aliphatic rings. The summed E-state index contributed by atoms with van der Waals surface area (Å²) in [5, 5.41) is 0. The van der Waals surface area contributed by atoms with Crippen LogP contribution in [0.25, 0.3) is 0 Å². The number of aromatic nitrogens is 1. The summed E-state index contributed by atoms with van der Waals surface area (Å²) in [6.07, 6.45) is 1.63. The summed E-state index contributed by atoms with van der Waals surface area (Å²) in [5.74, 6) is -2.44. The van der Waals surface area contributed by atoms with Crippen LogP contribution in [0.15, 0.2) is 4.90 Å². The Balaban J connectivity index is 1.76. The summed E-state index contributed by atoms with van der Waals surface area (Å²) in [6, 6.07) is 0. The van der Waals surface area contributed by atoms with Crippen molar-refractivity contribution in [3.63, 3.8) is 0 Å². The number of sulfone groups is 1. The molecule has 0 N–H and O–H groups in total. The number of hydrogen-bond donors (Lipinski definition) is 0. The monoisotopic (exact) mass is 389 g/mol. The molecule has 4 rings (SSSR count). The van der Waals surface area contributed by atoms with Crippen LogP contribution in [0.5, 0.6) is 0 Å². The number of hydrogen-bond acceptors (Lipinski definition) is 7. The highest BCUT2D eigenvalue weighted by atomic mass is 32.2. The van der Waals surface area contributed by atoms with E-state index in [1.165, 1.54) is 4.90 Å². The summed E-state index contributed by atoms with van der Waals surface area (Å²) in [6.45, 7) is 2.45. The fourth-order valence-electron chi connectivity index (χ4n) is 3.70. The lowest BCUT2D eigenvalue weighted by molar-refractivity contribution is 0.115. The molecule has 0 saturated carbocycles. The minimum atomic E-state index is -3.92. The highest BCUT2D eigenvalue weighted by Crippen LogP contribution is 2.38. The first kappa shape index (κ1) is 17.9. The molecule has 2 saturated heterocycles. The van der Waals surface area contributed by atoms with E-state index in [0.29, 0.717) is 39.5 Å². The summed E-state index contributed by atoms with van der Waals surface area (Å²) in [5.41, 5.74) is -0.263. The molecule has 1 aromatic rings. The number of pyridine rings is 1. The minimum absolute atomic E-state index is 0.101. The van der Waals surface area contributed by atoms with Gasteiger partial charge in [0.15, 0.2) is 21.5 Å². The lowest BCUT2D eigenvalue weighted by Crippen LogP contribution is -2.42. The molecule has 7 nitrogen and oxygen atoms in total. The molecule has 0 aliphatic carbocycles. The van der Waals surface area contributed by atoms with Crippen molar-refractivity contribution in [1.82, 2.24) is 4.98 Å². The number of rotatable bonds is 3. The summed E-state index contributed by atoms with van der Waals surface area (Å²) < 4.78 is 65.8. The van der Waals surface area contributed by atoms with Crippen molar-refractivity contribution in [3.05, 3.63) is 11.8 Å². The van der Waals surface area contributed by atoms with Crippen LogP contribution < -0.4 is 9.80 Å². The van der Waals surface area contributed by atoms with Gasteiger partial charge in [-0.3, -0.25) is 0 Å². The first-order valence-corrected chi connectivity index (χ1v) is 10.4. The topological polar surface area (TPSA) is 72.0 Å². The van der Waals surface area contributed by atoms with Gasteiger partial charge in [-0.15, -0.1) is 0 Å². The Morgan fingerprint density at radius 2 is 1.92 bits per heavy atom. The molecular weight excluding hydrogens is 368 g/mol. The van der Waals surface area contributed by atoms with Crippen molar-refractivity contribution in [1.29, 1.82) is 0 Å². The second-order valence-electron chi connectivity index (χ2n) is 6.72. The van der Waals surface area contributed by atoms with E-state index in [2.05, 4.69) is 4.98 Å². The van der Waals surface area contributed by atoms with E-state index in [1.807, 2.05) is 0 Å². The molecule has 4 heterocycles. The highest BCUT2D eigenvalue weighted by Gasteiger charge is 2.39. The molecule has 0 bridgehead atoms. The molecular formula is C16H21F2N3O4S.